The highest BCUT2D eigenvalue weighted by atomic mass is 127. The quantitative estimate of drug-likeness (QED) is 0.483. The summed E-state index contributed by atoms with van der Waals surface area (Å²) in [6.07, 6.45) is 2.31. The van der Waals surface area contributed by atoms with Gasteiger partial charge < -0.3 is 4.55 Å². The highest BCUT2D eigenvalue weighted by Gasteiger charge is 2.64. The van der Waals surface area contributed by atoms with Gasteiger partial charge in [0.25, 0.3) is 0 Å². The Kier molecular flexibility index (Phi) is 5.58. The van der Waals surface area contributed by atoms with E-state index in [-0.39, 0.29) is 16.1 Å². The molecule has 1 N–H and O–H groups in total. The van der Waals surface area contributed by atoms with E-state index in [0.717, 1.165) is 16.5 Å². The van der Waals surface area contributed by atoms with Gasteiger partial charge in [-0.25, -0.2) is 0 Å². The molecule has 0 aliphatic heterocycles. The molecule has 1 aromatic rings. The van der Waals surface area contributed by atoms with Crippen molar-refractivity contribution in [1.82, 2.24) is 14.5 Å². The van der Waals surface area contributed by atoms with E-state index >= 15 is 0 Å². The molecule has 1 aromatic heterocycles. The lowest BCUT2D eigenvalue weighted by Crippen LogP contribution is -2.53. The Bertz CT molecular complexity index is 685. The Morgan fingerprint density at radius 3 is 2.50 bits per heavy atom. The average Bonchev–Trinajstić information content (AvgIpc) is 2.82. The molecule has 5 nitrogen and oxygen atoms in total. The first kappa shape index (κ1) is 20.6. The van der Waals surface area contributed by atoms with E-state index in [2.05, 4.69) is 57.0 Å². The largest absolute Gasteiger partial charge is 0.598 e. The summed E-state index contributed by atoms with van der Waals surface area (Å²) in [5, 5.41) is 4.65. The SMILES string of the molecule is CC(=O)CC1(N[S+]([O-])C(C)(C)C)C[C@@H]2C(c3cc(I)nn3C(C)C)[C@@H]2C1. The van der Waals surface area contributed by atoms with E-state index < -0.39 is 11.4 Å². The summed E-state index contributed by atoms with van der Waals surface area (Å²) in [6, 6.07) is 2.56. The van der Waals surface area contributed by atoms with Crippen LogP contribution in [0.4, 0.5) is 0 Å². The molecule has 2 aliphatic carbocycles. The minimum atomic E-state index is -1.16. The molecule has 3 unspecified atom stereocenters. The second-order valence-corrected chi connectivity index (χ2v) is 12.4. The number of carbonyl (C=O) groups excluding carboxylic acids is 1. The predicted molar refractivity (Wildman–Crippen MR) is 113 cm³/mol. The van der Waals surface area contributed by atoms with Crippen LogP contribution in [0.2, 0.25) is 0 Å². The molecular formula is C19H30IN3O2S. The number of hydrogen-bond acceptors (Lipinski definition) is 4. The van der Waals surface area contributed by atoms with Crippen LogP contribution in [-0.4, -0.2) is 30.4 Å². The lowest BCUT2D eigenvalue weighted by molar-refractivity contribution is -0.118. The maximum Gasteiger partial charge on any atom is 0.136 e. The van der Waals surface area contributed by atoms with Crippen LogP contribution in [0.5, 0.6) is 0 Å². The summed E-state index contributed by atoms with van der Waals surface area (Å²) in [5.74, 6) is 1.81. The molecule has 0 amide bonds. The lowest BCUT2D eigenvalue weighted by atomic mass is 9.86. The number of nitrogens with zero attached hydrogens (tertiary/aromatic N) is 2. The molecule has 2 fully saturated rings. The van der Waals surface area contributed by atoms with Gasteiger partial charge in [0.15, 0.2) is 0 Å². The van der Waals surface area contributed by atoms with Gasteiger partial charge in [0.2, 0.25) is 0 Å². The van der Waals surface area contributed by atoms with Crippen molar-refractivity contribution in [2.75, 3.05) is 0 Å². The Labute approximate surface area is 173 Å². The zero-order chi connectivity index (χ0) is 19.4. The Hall–Kier alpha value is -0.120. The summed E-state index contributed by atoms with van der Waals surface area (Å²) in [5.41, 5.74) is 1.01. The van der Waals surface area contributed by atoms with Gasteiger partial charge in [-0.05, 0) is 94.9 Å². The second kappa shape index (κ2) is 7.04. The minimum absolute atomic E-state index is 0.169. The van der Waals surface area contributed by atoms with E-state index in [9.17, 15) is 9.35 Å². The average molecular weight is 491 g/mol. The highest BCUT2D eigenvalue weighted by molar-refractivity contribution is 14.1. The molecule has 0 spiro atoms. The van der Waals surface area contributed by atoms with Crippen molar-refractivity contribution in [1.29, 1.82) is 0 Å². The molecule has 5 atom stereocenters. The minimum Gasteiger partial charge on any atom is -0.598 e. The standard InChI is InChI=1S/C19H30IN3O2S/c1-11(2)23-15(7-16(20)21-23)17-13-9-19(8-12(3)24,10-14(13)17)22-26(25)18(4,5)6/h7,11,13-14,17,22H,8-10H2,1-6H3/t13-,14+,17?,19?,26?. The van der Waals surface area contributed by atoms with Gasteiger partial charge in [0.1, 0.15) is 14.2 Å². The van der Waals surface area contributed by atoms with E-state index in [0.29, 0.717) is 30.2 Å². The molecule has 1 heterocycles. The maximum atomic E-state index is 12.7. The molecule has 7 heteroatoms. The number of halogens is 1. The number of Topliss-reactive ketones (excluding diaryl/α,β-unsaturated/α-hetero) is 1. The summed E-state index contributed by atoms with van der Waals surface area (Å²) in [7, 11) is 0. The van der Waals surface area contributed by atoms with Crippen LogP contribution in [0.3, 0.4) is 0 Å². The van der Waals surface area contributed by atoms with Crippen molar-refractivity contribution in [2.45, 2.75) is 83.1 Å². The van der Waals surface area contributed by atoms with Crippen molar-refractivity contribution < 1.29 is 9.35 Å². The first-order valence-corrected chi connectivity index (χ1v) is 11.6. The third-order valence-corrected chi connectivity index (χ3v) is 7.86. The summed E-state index contributed by atoms with van der Waals surface area (Å²) in [4.78, 5) is 11.9. The van der Waals surface area contributed by atoms with Crippen LogP contribution < -0.4 is 4.72 Å². The zero-order valence-electron chi connectivity index (χ0n) is 16.5. The van der Waals surface area contributed by atoms with Gasteiger partial charge in [0, 0.05) is 35.4 Å². The van der Waals surface area contributed by atoms with Gasteiger partial charge in [-0.1, -0.05) is 0 Å². The molecule has 0 radical (unpaired) electrons. The first-order chi connectivity index (χ1) is 11.9. The van der Waals surface area contributed by atoms with Crippen molar-refractivity contribution in [3.8, 4) is 0 Å². The van der Waals surface area contributed by atoms with Crippen molar-refractivity contribution in [3.63, 3.8) is 0 Å². The van der Waals surface area contributed by atoms with Crippen LogP contribution in [-0.2, 0) is 16.2 Å². The van der Waals surface area contributed by atoms with Gasteiger partial charge in [-0.3, -0.25) is 9.48 Å². The molecule has 0 bridgehead atoms. The van der Waals surface area contributed by atoms with Crippen molar-refractivity contribution in [2.24, 2.45) is 11.8 Å². The Morgan fingerprint density at radius 2 is 2.04 bits per heavy atom. The molecule has 146 valence electrons. The topological polar surface area (TPSA) is 70.0 Å². The summed E-state index contributed by atoms with van der Waals surface area (Å²) in [6.45, 7) is 11.9. The van der Waals surface area contributed by atoms with Crippen molar-refractivity contribution >= 4 is 39.7 Å². The van der Waals surface area contributed by atoms with E-state index in [1.807, 2.05) is 20.8 Å². The molecule has 0 aromatic carbocycles. The van der Waals surface area contributed by atoms with Crippen LogP contribution in [0.15, 0.2) is 6.07 Å². The Morgan fingerprint density at radius 1 is 1.46 bits per heavy atom. The number of ketones is 1. The third kappa shape index (κ3) is 4.00. The van der Waals surface area contributed by atoms with Gasteiger partial charge in [-0.2, -0.15) is 5.10 Å². The fraction of sp³-hybridized carbons (Fsp3) is 0.789. The smallest absolute Gasteiger partial charge is 0.136 e. The number of aromatic nitrogens is 2. The number of fused-ring (bicyclic) bond motifs is 1. The number of hydrogen-bond donors (Lipinski definition) is 1. The fourth-order valence-corrected chi connectivity index (χ4v) is 6.05. The van der Waals surface area contributed by atoms with Gasteiger partial charge >= 0.3 is 0 Å². The summed E-state index contributed by atoms with van der Waals surface area (Å²) >= 11 is 1.12. The third-order valence-electron chi connectivity index (χ3n) is 5.60. The van der Waals surface area contributed by atoms with Crippen LogP contribution >= 0.6 is 22.6 Å². The van der Waals surface area contributed by atoms with Crippen LogP contribution in [0, 0.1) is 15.5 Å². The van der Waals surface area contributed by atoms with Gasteiger partial charge in [-0.15, -0.1) is 4.72 Å². The number of carbonyl (C=O) groups is 1. The predicted octanol–water partition coefficient (Wildman–Crippen LogP) is 3.96. The lowest BCUT2D eigenvalue weighted by Gasteiger charge is -2.36. The second-order valence-electron chi connectivity index (χ2n) is 9.33. The fourth-order valence-electron chi connectivity index (χ4n) is 4.56. The van der Waals surface area contributed by atoms with E-state index in [4.69, 9.17) is 0 Å². The highest BCUT2D eigenvalue weighted by Crippen LogP contribution is 2.66. The van der Waals surface area contributed by atoms with E-state index in [1.54, 1.807) is 6.92 Å². The molecule has 3 rings (SSSR count). The molecular weight excluding hydrogens is 461 g/mol. The maximum absolute atomic E-state index is 12.7. The summed E-state index contributed by atoms with van der Waals surface area (Å²) < 4.78 is 18.9. The monoisotopic (exact) mass is 491 g/mol. The zero-order valence-corrected chi connectivity index (χ0v) is 19.5. The molecule has 2 aliphatic rings. The Balaban J connectivity index is 1.77. The van der Waals surface area contributed by atoms with Crippen LogP contribution in [0.25, 0.3) is 0 Å². The number of rotatable bonds is 6. The molecule has 26 heavy (non-hydrogen) atoms. The number of nitrogens with one attached hydrogen (secondary N) is 1. The molecule has 0 saturated heterocycles. The normalized spacial score (nSPS) is 32.0. The van der Waals surface area contributed by atoms with E-state index in [1.165, 1.54) is 5.69 Å². The first-order valence-electron chi connectivity index (χ1n) is 9.37. The van der Waals surface area contributed by atoms with Crippen molar-refractivity contribution in [3.05, 3.63) is 15.5 Å². The van der Waals surface area contributed by atoms with Gasteiger partial charge in [0.05, 0.1) is 5.54 Å². The van der Waals surface area contributed by atoms with Crippen LogP contribution in [0.1, 0.15) is 78.5 Å². The molecule has 2 saturated carbocycles.